The van der Waals surface area contributed by atoms with Gasteiger partial charge in [0.15, 0.2) is 0 Å². The zero-order chi connectivity index (χ0) is 16.9. The first-order valence-corrected chi connectivity index (χ1v) is 9.38. The Balaban J connectivity index is 1.96. The van der Waals surface area contributed by atoms with Crippen molar-refractivity contribution in [1.29, 1.82) is 0 Å². The predicted molar refractivity (Wildman–Crippen MR) is 104 cm³/mol. The van der Waals surface area contributed by atoms with E-state index in [4.69, 9.17) is 0 Å². The SMILES string of the molecule is OC1(Br)C=Cc2ccccc2C1C1c2ccccc2C=CC1(O)Br. The van der Waals surface area contributed by atoms with Crippen molar-refractivity contribution in [3.63, 3.8) is 0 Å². The monoisotopic (exact) mass is 446 g/mol. The molecule has 0 aromatic heterocycles. The molecule has 0 aliphatic heterocycles. The summed E-state index contributed by atoms with van der Waals surface area (Å²) in [7, 11) is 0. The molecule has 0 saturated heterocycles. The Hall–Kier alpha value is -1.20. The van der Waals surface area contributed by atoms with Crippen molar-refractivity contribution in [2.45, 2.75) is 20.9 Å². The maximum Gasteiger partial charge on any atom is 0.145 e. The van der Waals surface area contributed by atoms with E-state index >= 15 is 0 Å². The third-order valence-electron chi connectivity index (χ3n) is 4.86. The maximum atomic E-state index is 11.1. The highest BCUT2D eigenvalue weighted by molar-refractivity contribution is 9.10. The van der Waals surface area contributed by atoms with E-state index < -0.39 is 9.02 Å². The molecule has 2 aliphatic rings. The Bertz CT molecular complexity index is 781. The van der Waals surface area contributed by atoms with Gasteiger partial charge in [0.2, 0.25) is 0 Å². The molecule has 2 N–H and O–H groups in total. The molecule has 0 heterocycles. The van der Waals surface area contributed by atoms with Crippen molar-refractivity contribution in [1.82, 2.24) is 0 Å². The van der Waals surface area contributed by atoms with Crippen LogP contribution in [0.2, 0.25) is 0 Å². The lowest BCUT2D eigenvalue weighted by Crippen LogP contribution is -2.43. The van der Waals surface area contributed by atoms with Gasteiger partial charge < -0.3 is 10.2 Å². The van der Waals surface area contributed by atoms with Gasteiger partial charge in [-0.1, -0.05) is 60.7 Å². The topological polar surface area (TPSA) is 40.5 Å². The van der Waals surface area contributed by atoms with Crippen molar-refractivity contribution in [3.05, 3.63) is 82.9 Å². The average molecular weight is 448 g/mol. The molecule has 0 fully saturated rings. The first kappa shape index (κ1) is 16.3. The molecule has 2 aromatic rings. The summed E-state index contributed by atoms with van der Waals surface area (Å²) in [4.78, 5) is 0. The van der Waals surface area contributed by atoms with Gasteiger partial charge in [0.25, 0.3) is 0 Å². The molecule has 0 saturated carbocycles. The largest absolute Gasteiger partial charge is 0.375 e. The summed E-state index contributed by atoms with van der Waals surface area (Å²) in [6.45, 7) is 0. The fraction of sp³-hybridized carbons (Fsp3) is 0.200. The number of hydrogen-bond donors (Lipinski definition) is 2. The van der Waals surface area contributed by atoms with Gasteiger partial charge in [-0.2, -0.15) is 0 Å². The maximum absolute atomic E-state index is 11.1. The molecule has 0 spiro atoms. The second kappa shape index (κ2) is 5.67. The van der Waals surface area contributed by atoms with Crippen LogP contribution in [0.4, 0.5) is 0 Å². The number of aliphatic hydroxyl groups is 2. The van der Waals surface area contributed by atoms with E-state index in [9.17, 15) is 10.2 Å². The minimum Gasteiger partial charge on any atom is -0.375 e. The quantitative estimate of drug-likeness (QED) is 0.618. The Morgan fingerprint density at radius 3 is 1.46 bits per heavy atom. The summed E-state index contributed by atoms with van der Waals surface area (Å²) < 4.78 is -2.49. The lowest BCUT2D eigenvalue weighted by atomic mass is 9.69. The highest BCUT2D eigenvalue weighted by atomic mass is 79.9. The number of halogens is 2. The Kier molecular flexibility index (Phi) is 3.84. The van der Waals surface area contributed by atoms with E-state index in [1.807, 2.05) is 60.7 Å². The van der Waals surface area contributed by atoms with Crippen molar-refractivity contribution in [2.75, 3.05) is 0 Å². The highest BCUT2D eigenvalue weighted by Crippen LogP contribution is 2.56. The van der Waals surface area contributed by atoms with Gasteiger partial charge in [0.1, 0.15) is 9.02 Å². The normalized spacial score (nSPS) is 33.8. The molecule has 0 amide bonds. The molecule has 4 atom stereocenters. The fourth-order valence-electron chi connectivity index (χ4n) is 3.78. The van der Waals surface area contributed by atoms with Gasteiger partial charge in [-0.25, -0.2) is 0 Å². The van der Waals surface area contributed by atoms with Crippen LogP contribution in [0.15, 0.2) is 60.7 Å². The third-order valence-corrected chi connectivity index (χ3v) is 6.38. The average Bonchev–Trinajstić information content (AvgIpc) is 2.55. The molecule has 4 unspecified atom stereocenters. The van der Waals surface area contributed by atoms with E-state index in [1.165, 1.54) is 0 Å². The second-order valence-electron chi connectivity index (χ2n) is 6.34. The summed E-state index contributed by atoms with van der Waals surface area (Å²) in [6.07, 6.45) is 7.34. The minimum absolute atomic E-state index is 0.353. The van der Waals surface area contributed by atoms with Crippen LogP contribution in [0.25, 0.3) is 12.2 Å². The van der Waals surface area contributed by atoms with Crippen molar-refractivity contribution < 1.29 is 10.2 Å². The lowest BCUT2D eigenvalue weighted by molar-refractivity contribution is 0.0876. The predicted octanol–water partition coefficient (Wildman–Crippen LogP) is 4.77. The molecule has 4 rings (SSSR count). The Morgan fingerprint density at radius 2 is 1.04 bits per heavy atom. The summed E-state index contributed by atoms with van der Waals surface area (Å²) in [6, 6.07) is 16.0. The van der Waals surface area contributed by atoms with E-state index in [2.05, 4.69) is 31.9 Å². The molecule has 2 aliphatic carbocycles. The minimum atomic E-state index is -1.24. The van der Waals surface area contributed by atoms with E-state index in [1.54, 1.807) is 12.2 Å². The highest BCUT2D eigenvalue weighted by Gasteiger charge is 2.50. The number of benzene rings is 2. The smallest absolute Gasteiger partial charge is 0.145 e. The molecule has 2 nitrogen and oxygen atoms in total. The third kappa shape index (κ3) is 2.53. The molecular weight excluding hydrogens is 432 g/mol. The van der Waals surface area contributed by atoms with Gasteiger partial charge in [-0.15, -0.1) is 0 Å². The number of alkyl halides is 2. The lowest BCUT2D eigenvalue weighted by Gasteiger charge is -2.45. The van der Waals surface area contributed by atoms with E-state index in [0.717, 1.165) is 22.3 Å². The van der Waals surface area contributed by atoms with E-state index in [0.29, 0.717) is 0 Å². The summed E-state index contributed by atoms with van der Waals surface area (Å²) in [5.74, 6) is -0.705. The Morgan fingerprint density at radius 1 is 0.667 bits per heavy atom. The van der Waals surface area contributed by atoms with Crippen LogP contribution in [-0.4, -0.2) is 19.2 Å². The van der Waals surface area contributed by atoms with Crippen LogP contribution in [0, 0.1) is 0 Å². The van der Waals surface area contributed by atoms with Crippen LogP contribution < -0.4 is 0 Å². The second-order valence-corrected chi connectivity index (χ2v) is 8.88. The summed E-state index contributed by atoms with van der Waals surface area (Å²) >= 11 is 6.96. The van der Waals surface area contributed by atoms with Gasteiger partial charge in [0, 0.05) is 11.8 Å². The molecule has 2 aromatic carbocycles. The zero-order valence-corrected chi connectivity index (χ0v) is 15.9. The Labute approximate surface area is 157 Å². The first-order valence-electron chi connectivity index (χ1n) is 7.79. The van der Waals surface area contributed by atoms with Crippen LogP contribution in [0.1, 0.15) is 34.1 Å². The fourth-order valence-corrected chi connectivity index (χ4v) is 5.06. The van der Waals surface area contributed by atoms with Crippen LogP contribution in [-0.2, 0) is 0 Å². The number of hydrogen-bond acceptors (Lipinski definition) is 2. The van der Waals surface area contributed by atoms with Crippen LogP contribution in [0.5, 0.6) is 0 Å². The standard InChI is InChI=1S/C20H16Br2O2/c21-19(23)11-9-13-5-1-3-7-15(13)17(19)18-16-8-4-2-6-14(16)10-12-20(18,22)24/h1-12,17-18,23-24H. The zero-order valence-electron chi connectivity index (χ0n) is 12.7. The summed E-state index contributed by atoms with van der Waals surface area (Å²) in [5.41, 5.74) is 4.13. The molecular formula is C20H16Br2O2. The molecule has 24 heavy (non-hydrogen) atoms. The van der Waals surface area contributed by atoms with Crippen molar-refractivity contribution in [2.24, 2.45) is 0 Å². The van der Waals surface area contributed by atoms with Crippen LogP contribution in [0.3, 0.4) is 0 Å². The molecule has 122 valence electrons. The van der Waals surface area contributed by atoms with Crippen LogP contribution >= 0.6 is 31.9 Å². The molecule has 0 bridgehead atoms. The van der Waals surface area contributed by atoms with Crippen molar-refractivity contribution >= 4 is 44.0 Å². The van der Waals surface area contributed by atoms with Gasteiger partial charge in [0.05, 0.1) is 0 Å². The van der Waals surface area contributed by atoms with Gasteiger partial charge in [-0.05, 0) is 66.3 Å². The molecule has 0 radical (unpaired) electrons. The summed E-state index contributed by atoms with van der Waals surface area (Å²) in [5, 5.41) is 22.1. The van der Waals surface area contributed by atoms with E-state index in [-0.39, 0.29) is 11.8 Å². The number of rotatable bonds is 1. The van der Waals surface area contributed by atoms with Gasteiger partial charge >= 0.3 is 0 Å². The van der Waals surface area contributed by atoms with Gasteiger partial charge in [-0.3, -0.25) is 0 Å². The number of fused-ring (bicyclic) bond motifs is 2. The molecule has 4 heteroatoms. The first-order chi connectivity index (χ1) is 11.4. The van der Waals surface area contributed by atoms with Crippen molar-refractivity contribution in [3.8, 4) is 0 Å².